The van der Waals surface area contributed by atoms with Gasteiger partial charge in [-0.15, -0.1) is 10.2 Å². The van der Waals surface area contributed by atoms with Gasteiger partial charge < -0.3 is 9.84 Å². The van der Waals surface area contributed by atoms with Crippen LogP contribution in [0.4, 0.5) is 9.52 Å². The Morgan fingerprint density at radius 2 is 2.18 bits per heavy atom. The van der Waals surface area contributed by atoms with Crippen molar-refractivity contribution in [2.75, 3.05) is 5.32 Å². The molecule has 0 radical (unpaired) electrons. The van der Waals surface area contributed by atoms with Crippen LogP contribution in [-0.4, -0.2) is 21.3 Å². The summed E-state index contributed by atoms with van der Waals surface area (Å²) >= 11 is 1.28. The van der Waals surface area contributed by atoms with E-state index in [2.05, 4.69) is 20.7 Å². The van der Waals surface area contributed by atoms with Crippen molar-refractivity contribution in [2.45, 2.75) is 13.3 Å². The molecule has 0 fully saturated rings. The molecule has 2 aromatic heterocycles. The van der Waals surface area contributed by atoms with E-state index < -0.39 is 5.82 Å². The van der Waals surface area contributed by atoms with Gasteiger partial charge in [-0.3, -0.25) is 4.79 Å². The van der Waals surface area contributed by atoms with Crippen molar-refractivity contribution < 1.29 is 13.7 Å². The predicted molar refractivity (Wildman–Crippen MR) is 78.9 cm³/mol. The van der Waals surface area contributed by atoms with E-state index in [0.717, 1.165) is 5.01 Å². The third kappa shape index (κ3) is 3.17. The number of anilines is 1. The SMILES string of the molecule is Cc1nnc(NC(=O)Cc2cc(-c3ccccc3F)on2)s1. The maximum absolute atomic E-state index is 13.7. The first-order valence-corrected chi connectivity index (χ1v) is 7.24. The average Bonchev–Trinajstić information content (AvgIpc) is 3.09. The zero-order valence-corrected chi connectivity index (χ0v) is 12.4. The van der Waals surface area contributed by atoms with Crippen LogP contribution in [0.15, 0.2) is 34.9 Å². The Labute approximate surface area is 129 Å². The summed E-state index contributed by atoms with van der Waals surface area (Å²) in [6, 6.07) is 7.76. The molecule has 0 atom stereocenters. The maximum Gasteiger partial charge on any atom is 0.232 e. The second kappa shape index (κ2) is 6.02. The van der Waals surface area contributed by atoms with Gasteiger partial charge in [-0.25, -0.2) is 4.39 Å². The van der Waals surface area contributed by atoms with Crippen molar-refractivity contribution in [2.24, 2.45) is 0 Å². The Hall–Kier alpha value is -2.61. The molecule has 22 heavy (non-hydrogen) atoms. The molecular formula is C14H11FN4O2S. The second-order valence-electron chi connectivity index (χ2n) is 4.51. The molecule has 3 aromatic rings. The molecule has 1 amide bonds. The van der Waals surface area contributed by atoms with E-state index in [1.54, 1.807) is 31.2 Å². The summed E-state index contributed by atoms with van der Waals surface area (Å²) in [4.78, 5) is 11.9. The molecule has 8 heteroatoms. The molecule has 6 nitrogen and oxygen atoms in total. The maximum atomic E-state index is 13.7. The van der Waals surface area contributed by atoms with Gasteiger partial charge in [0.1, 0.15) is 10.8 Å². The molecule has 0 spiro atoms. The van der Waals surface area contributed by atoms with Gasteiger partial charge in [0.2, 0.25) is 11.0 Å². The van der Waals surface area contributed by atoms with Gasteiger partial charge in [0, 0.05) is 6.07 Å². The Kier molecular flexibility index (Phi) is 3.92. The first-order valence-electron chi connectivity index (χ1n) is 6.42. The van der Waals surface area contributed by atoms with E-state index in [0.29, 0.717) is 16.4 Å². The van der Waals surface area contributed by atoms with Gasteiger partial charge in [-0.1, -0.05) is 28.6 Å². The van der Waals surface area contributed by atoms with Crippen LogP contribution in [0.1, 0.15) is 10.7 Å². The zero-order valence-electron chi connectivity index (χ0n) is 11.5. The van der Waals surface area contributed by atoms with E-state index in [1.807, 2.05) is 0 Å². The van der Waals surface area contributed by atoms with Crippen LogP contribution >= 0.6 is 11.3 Å². The smallest absolute Gasteiger partial charge is 0.232 e. The predicted octanol–water partition coefficient (Wildman–Crippen LogP) is 2.82. The van der Waals surface area contributed by atoms with Gasteiger partial charge in [0.25, 0.3) is 0 Å². The van der Waals surface area contributed by atoms with Crippen LogP contribution in [-0.2, 0) is 11.2 Å². The monoisotopic (exact) mass is 318 g/mol. The largest absolute Gasteiger partial charge is 0.356 e. The second-order valence-corrected chi connectivity index (χ2v) is 5.70. The lowest BCUT2D eigenvalue weighted by Gasteiger charge is -1.97. The van der Waals surface area contributed by atoms with Crippen molar-refractivity contribution in [1.82, 2.24) is 15.4 Å². The van der Waals surface area contributed by atoms with Crippen molar-refractivity contribution in [1.29, 1.82) is 0 Å². The van der Waals surface area contributed by atoms with Crippen LogP contribution in [0.5, 0.6) is 0 Å². The fourth-order valence-corrected chi connectivity index (χ4v) is 2.47. The van der Waals surface area contributed by atoms with E-state index >= 15 is 0 Å². The Morgan fingerprint density at radius 1 is 1.36 bits per heavy atom. The highest BCUT2D eigenvalue weighted by atomic mass is 32.1. The number of hydrogen-bond donors (Lipinski definition) is 1. The first-order chi connectivity index (χ1) is 10.6. The third-order valence-electron chi connectivity index (χ3n) is 2.81. The molecule has 0 bridgehead atoms. The third-order valence-corrected chi connectivity index (χ3v) is 3.57. The lowest BCUT2D eigenvalue weighted by atomic mass is 10.1. The fraction of sp³-hybridized carbons (Fsp3) is 0.143. The number of aromatic nitrogens is 3. The number of nitrogens with one attached hydrogen (secondary N) is 1. The summed E-state index contributed by atoms with van der Waals surface area (Å²) in [5.41, 5.74) is 0.721. The first kappa shape index (κ1) is 14.3. The minimum absolute atomic E-state index is 0.0105. The number of benzene rings is 1. The molecule has 3 rings (SSSR count). The van der Waals surface area contributed by atoms with Gasteiger partial charge in [0.05, 0.1) is 17.7 Å². The van der Waals surface area contributed by atoms with Crippen LogP contribution < -0.4 is 5.32 Å². The van der Waals surface area contributed by atoms with Crippen molar-refractivity contribution in [3.63, 3.8) is 0 Å². The average molecular weight is 318 g/mol. The molecule has 1 N–H and O–H groups in total. The molecule has 112 valence electrons. The number of rotatable bonds is 4. The van der Waals surface area contributed by atoms with E-state index in [4.69, 9.17) is 4.52 Å². The van der Waals surface area contributed by atoms with E-state index in [-0.39, 0.29) is 18.1 Å². The summed E-state index contributed by atoms with van der Waals surface area (Å²) < 4.78 is 18.7. The lowest BCUT2D eigenvalue weighted by Crippen LogP contribution is -2.14. The van der Waals surface area contributed by atoms with Crippen LogP contribution in [0.3, 0.4) is 0 Å². The summed E-state index contributed by atoms with van der Waals surface area (Å²) in [7, 11) is 0. The van der Waals surface area contributed by atoms with Gasteiger partial charge in [-0.05, 0) is 19.1 Å². The van der Waals surface area contributed by atoms with Crippen LogP contribution in [0, 0.1) is 12.7 Å². The number of halogens is 1. The van der Waals surface area contributed by atoms with Crippen molar-refractivity contribution in [3.8, 4) is 11.3 Å². The highest BCUT2D eigenvalue weighted by molar-refractivity contribution is 7.15. The van der Waals surface area contributed by atoms with Crippen LogP contribution in [0.25, 0.3) is 11.3 Å². The van der Waals surface area contributed by atoms with Gasteiger partial charge >= 0.3 is 0 Å². The highest BCUT2D eigenvalue weighted by Crippen LogP contribution is 2.23. The number of amides is 1. The summed E-state index contributed by atoms with van der Waals surface area (Å²) in [6.45, 7) is 1.80. The van der Waals surface area contributed by atoms with Crippen LogP contribution in [0.2, 0.25) is 0 Å². The number of carbonyl (C=O) groups is 1. The number of aryl methyl sites for hydroxylation is 1. The molecule has 0 aliphatic heterocycles. The van der Waals surface area contributed by atoms with Crippen molar-refractivity contribution >= 4 is 22.4 Å². The van der Waals surface area contributed by atoms with E-state index in [1.165, 1.54) is 17.4 Å². The summed E-state index contributed by atoms with van der Waals surface area (Å²) in [6.07, 6.45) is 0.0105. The van der Waals surface area contributed by atoms with Crippen molar-refractivity contribution in [3.05, 3.63) is 46.9 Å². The van der Waals surface area contributed by atoms with Gasteiger partial charge in [-0.2, -0.15) is 0 Å². The Morgan fingerprint density at radius 3 is 2.91 bits per heavy atom. The lowest BCUT2D eigenvalue weighted by molar-refractivity contribution is -0.115. The minimum atomic E-state index is -0.404. The molecule has 2 heterocycles. The standard InChI is InChI=1S/C14H11FN4O2S/c1-8-17-18-14(22-8)16-13(20)7-9-6-12(21-19-9)10-4-2-3-5-11(10)15/h2-6H,7H2,1H3,(H,16,18,20). The molecular weight excluding hydrogens is 307 g/mol. The molecule has 0 aliphatic carbocycles. The highest BCUT2D eigenvalue weighted by Gasteiger charge is 2.14. The summed E-state index contributed by atoms with van der Waals surface area (Å²) in [5, 5.41) is 15.2. The number of nitrogens with zero attached hydrogens (tertiary/aromatic N) is 3. The molecule has 0 unspecified atom stereocenters. The normalized spacial score (nSPS) is 10.6. The fourth-order valence-electron chi connectivity index (χ4n) is 1.86. The molecule has 1 aromatic carbocycles. The Bertz CT molecular complexity index is 815. The molecule has 0 saturated carbocycles. The molecule has 0 saturated heterocycles. The summed E-state index contributed by atoms with van der Waals surface area (Å²) in [5.74, 6) is -0.406. The van der Waals surface area contributed by atoms with Gasteiger partial charge in [0.15, 0.2) is 5.76 Å². The Balaban J connectivity index is 1.69. The number of hydrogen-bond acceptors (Lipinski definition) is 6. The topological polar surface area (TPSA) is 80.9 Å². The molecule has 0 aliphatic rings. The quantitative estimate of drug-likeness (QED) is 0.800. The van der Waals surface area contributed by atoms with E-state index in [9.17, 15) is 9.18 Å². The number of carbonyl (C=O) groups excluding carboxylic acids is 1. The zero-order chi connectivity index (χ0) is 15.5. The minimum Gasteiger partial charge on any atom is -0.356 e.